The van der Waals surface area contributed by atoms with Gasteiger partial charge in [0.05, 0.1) is 4.92 Å². The Morgan fingerprint density at radius 1 is 0.971 bits per heavy atom. The maximum Gasteiger partial charge on any atom is 0.414 e. The van der Waals surface area contributed by atoms with Crippen molar-refractivity contribution in [3.63, 3.8) is 0 Å². The third-order valence-corrected chi connectivity index (χ3v) is 5.04. The third kappa shape index (κ3) is 8.50. The smallest absolute Gasteiger partial charge is 0.414 e. The van der Waals surface area contributed by atoms with Crippen LogP contribution in [-0.4, -0.2) is 74.8 Å². The van der Waals surface area contributed by atoms with Gasteiger partial charge >= 0.3 is 17.6 Å². The molecule has 0 spiro atoms. The molecule has 0 bridgehead atoms. The Bertz CT molecular complexity index is 1110. The second-order valence-corrected chi connectivity index (χ2v) is 7.60. The van der Waals surface area contributed by atoms with E-state index < -0.39 is 16.9 Å². The van der Waals surface area contributed by atoms with Gasteiger partial charge in [-0.05, 0) is 32.0 Å². The lowest BCUT2D eigenvalue weighted by atomic mass is 10.1. The molecule has 2 aromatic rings. The van der Waals surface area contributed by atoms with E-state index in [2.05, 4.69) is 4.90 Å². The number of carboxylic acid groups (broad SMARTS) is 2. The van der Waals surface area contributed by atoms with Crippen LogP contribution in [0, 0.1) is 10.1 Å². The number of aryl methyl sites for hydroxylation is 1. The number of rotatable bonds is 9. The second-order valence-electron chi connectivity index (χ2n) is 7.60. The summed E-state index contributed by atoms with van der Waals surface area (Å²) in [5.74, 6) is -3.06. The first kappa shape index (κ1) is 28.0. The molecular formula is C21H29N5O8. The van der Waals surface area contributed by atoms with E-state index >= 15 is 0 Å². The van der Waals surface area contributed by atoms with Crippen LogP contribution in [0.25, 0.3) is 0 Å². The Kier molecular flexibility index (Phi) is 10.6. The summed E-state index contributed by atoms with van der Waals surface area (Å²) in [5.41, 5.74) is 0.521. The number of nitro groups is 1. The predicted molar refractivity (Wildman–Crippen MR) is 124 cm³/mol. The van der Waals surface area contributed by atoms with E-state index in [-0.39, 0.29) is 16.9 Å². The highest BCUT2D eigenvalue weighted by atomic mass is 16.6. The van der Waals surface area contributed by atoms with Gasteiger partial charge in [-0.15, -0.1) is 0 Å². The molecule has 0 amide bonds. The van der Waals surface area contributed by atoms with E-state index in [4.69, 9.17) is 19.8 Å². The monoisotopic (exact) mass is 479 g/mol. The van der Waals surface area contributed by atoms with E-state index in [1.165, 1.54) is 29.8 Å². The van der Waals surface area contributed by atoms with Gasteiger partial charge in [0.1, 0.15) is 5.82 Å². The number of benzene rings is 1. The Morgan fingerprint density at radius 2 is 1.53 bits per heavy atom. The van der Waals surface area contributed by atoms with Gasteiger partial charge in [-0.2, -0.15) is 0 Å². The Balaban J connectivity index is 0.000000852. The molecule has 0 aliphatic heterocycles. The van der Waals surface area contributed by atoms with Crippen molar-refractivity contribution in [2.45, 2.75) is 12.8 Å². The minimum Gasteiger partial charge on any atom is -0.473 e. The van der Waals surface area contributed by atoms with Crippen molar-refractivity contribution >= 4 is 23.4 Å². The maximum atomic E-state index is 12.0. The van der Waals surface area contributed by atoms with E-state index in [9.17, 15) is 19.7 Å². The fourth-order valence-corrected chi connectivity index (χ4v) is 2.97. The summed E-state index contributed by atoms with van der Waals surface area (Å²) in [4.78, 5) is 56.5. The molecule has 13 nitrogen and oxygen atoms in total. The van der Waals surface area contributed by atoms with Crippen molar-refractivity contribution in [1.82, 2.24) is 14.0 Å². The zero-order valence-electron chi connectivity index (χ0n) is 19.5. The minimum absolute atomic E-state index is 0.106. The maximum absolute atomic E-state index is 12.0. The number of aliphatic carboxylic acids is 2. The molecule has 2 N–H and O–H groups in total. The van der Waals surface area contributed by atoms with Crippen LogP contribution in [0.15, 0.2) is 39.9 Å². The lowest BCUT2D eigenvalue weighted by molar-refractivity contribution is -0.384. The molecule has 13 heteroatoms. The van der Waals surface area contributed by atoms with E-state index in [1.54, 1.807) is 19.2 Å². The fourth-order valence-electron chi connectivity index (χ4n) is 2.97. The molecule has 0 unspecified atom stereocenters. The fraction of sp³-hybridized carbons (Fsp3) is 0.429. The largest absolute Gasteiger partial charge is 0.473 e. The van der Waals surface area contributed by atoms with Crippen LogP contribution in [0.5, 0.6) is 0 Å². The number of anilines is 1. The Hall–Kier alpha value is -4.00. The van der Waals surface area contributed by atoms with Crippen molar-refractivity contribution in [2.24, 2.45) is 14.1 Å². The third-order valence-electron chi connectivity index (χ3n) is 5.04. The topological polar surface area (TPSA) is 168 Å². The summed E-state index contributed by atoms with van der Waals surface area (Å²) in [6, 6.07) is 8.12. The van der Waals surface area contributed by atoms with Gasteiger partial charge in [-0.1, -0.05) is 12.1 Å². The normalized spacial score (nSPS) is 10.4. The van der Waals surface area contributed by atoms with Crippen molar-refractivity contribution < 1.29 is 24.7 Å². The number of nitrogens with zero attached hydrogens (tertiary/aromatic N) is 5. The molecule has 186 valence electrons. The quantitative estimate of drug-likeness (QED) is 0.287. The zero-order valence-corrected chi connectivity index (χ0v) is 19.5. The summed E-state index contributed by atoms with van der Waals surface area (Å²) in [6.45, 7) is 2.33. The van der Waals surface area contributed by atoms with Crippen molar-refractivity contribution in [2.75, 3.05) is 38.6 Å². The van der Waals surface area contributed by atoms with Crippen molar-refractivity contribution in [3.05, 3.63) is 66.8 Å². The first-order valence-corrected chi connectivity index (χ1v) is 10.2. The Labute approximate surface area is 195 Å². The van der Waals surface area contributed by atoms with E-state index in [0.29, 0.717) is 12.4 Å². The first-order valence-electron chi connectivity index (χ1n) is 10.2. The van der Waals surface area contributed by atoms with Gasteiger partial charge < -0.3 is 20.0 Å². The number of likely N-dealkylation sites (N-methyl/N-ethyl adjacent to an activating group) is 2. The summed E-state index contributed by atoms with van der Waals surface area (Å²) < 4.78 is 2.55. The number of non-ortho nitro benzene ring substituents is 1. The van der Waals surface area contributed by atoms with Crippen LogP contribution >= 0.6 is 0 Å². The zero-order chi connectivity index (χ0) is 26.0. The number of hydrogen-bond acceptors (Lipinski definition) is 8. The highest BCUT2D eigenvalue weighted by Gasteiger charge is 2.11. The van der Waals surface area contributed by atoms with Gasteiger partial charge in [0.2, 0.25) is 0 Å². The summed E-state index contributed by atoms with van der Waals surface area (Å²) >= 11 is 0. The van der Waals surface area contributed by atoms with Crippen LogP contribution in [0.2, 0.25) is 0 Å². The van der Waals surface area contributed by atoms with Crippen LogP contribution in [0.4, 0.5) is 11.5 Å². The van der Waals surface area contributed by atoms with Gasteiger partial charge in [0.25, 0.3) is 11.2 Å². The lowest BCUT2D eigenvalue weighted by Gasteiger charge is -2.25. The first-order chi connectivity index (χ1) is 15.8. The molecule has 1 aromatic carbocycles. The molecule has 0 radical (unpaired) electrons. The Morgan fingerprint density at radius 3 is 2.03 bits per heavy atom. The molecule has 0 fully saturated rings. The highest BCUT2D eigenvalue weighted by molar-refractivity contribution is 6.27. The van der Waals surface area contributed by atoms with Gasteiger partial charge in [-0.25, -0.2) is 14.4 Å². The molecule has 0 saturated carbocycles. The molecule has 1 heterocycles. The van der Waals surface area contributed by atoms with Crippen LogP contribution < -0.4 is 16.1 Å². The predicted octanol–water partition coefficient (Wildman–Crippen LogP) is 0.149. The average molecular weight is 479 g/mol. The molecule has 1 aromatic heterocycles. The molecule has 0 atom stereocenters. The van der Waals surface area contributed by atoms with Gasteiger partial charge in [0.15, 0.2) is 0 Å². The highest BCUT2D eigenvalue weighted by Crippen LogP contribution is 2.13. The summed E-state index contributed by atoms with van der Waals surface area (Å²) in [5, 5.41) is 25.5. The van der Waals surface area contributed by atoms with Crippen molar-refractivity contribution in [1.29, 1.82) is 0 Å². The standard InChI is InChI=1S/C19H27N5O4.C2H2O4/c1-20(11-5-6-15-7-9-16(10-8-15)24(27)28)12-13-21(2)17-14-18(25)23(4)19(26)22(17)3;3-1(4)2(5)6/h7-10,14H,5-6,11-13H2,1-4H3;(H,3,4)(H,5,6). The molecule has 0 aliphatic rings. The average Bonchev–Trinajstić information content (AvgIpc) is 2.79. The molecule has 2 rings (SSSR count). The summed E-state index contributed by atoms with van der Waals surface area (Å²) in [7, 11) is 7.00. The number of nitro benzene ring substituents is 1. The molecule has 34 heavy (non-hydrogen) atoms. The SMILES string of the molecule is CN(CCCc1ccc([N+](=O)[O-])cc1)CCN(C)c1cc(=O)n(C)c(=O)n1C.O=C(O)C(=O)O. The van der Waals surface area contributed by atoms with Crippen LogP contribution in [-0.2, 0) is 30.1 Å². The van der Waals surface area contributed by atoms with Crippen LogP contribution in [0.1, 0.15) is 12.0 Å². The number of hydrogen-bond donors (Lipinski definition) is 2. The van der Waals surface area contributed by atoms with E-state index in [0.717, 1.165) is 36.1 Å². The summed E-state index contributed by atoms with van der Waals surface area (Å²) in [6.07, 6.45) is 1.78. The number of carbonyl (C=O) groups is 2. The number of carboxylic acids is 2. The second kappa shape index (κ2) is 12.9. The number of aromatic nitrogens is 2. The molecule has 0 aliphatic carbocycles. The lowest BCUT2D eigenvalue weighted by Crippen LogP contribution is -2.41. The van der Waals surface area contributed by atoms with Crippen molar-refractivity contribution in [3.8, 4) is 0 Å². The van der Waals surface area contributed by atoms with Crippen LogP contribution in [0.3, 0.4) is 0 Å². The minimum atomic E-state index is -1.82. The molecule has 0 saturated heterocycles. The molecular weight excluding hydrogens is 450 g/mol. The van der Waals surface area contributed by atoms with Gasteiger partial charge in [0, 0.05) is 52.4 Å². The van der Waals surface area contributed by atoms with E-state index in [1.807, 2.05) is 19.0 Å². The van der Waals surface area contributed by atoms with Gasteiger partial charge in [-0.3, -0.25) is 24.0 Å².